The fraction of sp³-hybridized carbons (Fsp3) is 0.250. The first kappa shape index (κ1) is 10.0. The first-order valence-electron chi connectivity index (χ1n) is 1.65. The summed E-state index contributed by atoms with van der Waals surface area (Å²) in [6, 6.07) is 0. The second kappa shape index (κ2) is 5.95. The van der Waals surface area contributed by atoms with Crippen LogP contribution in [-0.2, 0) is 27.2 Å². The van der Waals surface area contributed by atoms with Crippen molar-refractivity contribution in [3.63, 3.8) is 0 Å². The van der Waals surface area contributed by atoms with E-state index in [0.29, 0.717) is 0 Å². The first-order valence-corrected chi connectivity index (χ1v) is 1.65. The molecule has 0 aromatic rings. The number of carbonyl (C=O) groups excluding carboxylic acids is 1. The van der Waals surface area contributed by atoms with Crippen LogP contribution in [-0.4, -0.2) is 5.91 Å². The first-order chi connectivity index (χ1) is 2.77. The molecule has 7 heavy (non-hydrogen) atoms. The molecule has 0 bridgehead atoms. The van der Waals surface area contributed by atoms with Crippen molar-refractivity contribution >= 4 is 5.91 Å². The number of hydrogen-bond acceptors (Lipinski definition) is 1. The van der Waals surface area contributed by atoms with Crippen LogP contribution in [0.25, 0.3) is 0 Å². The van der Waals surface area contributed by atoms with Crippen molar-refractivity contribution in [2.75, 3.05) is 0 Å². The van der Waals surface area contributed by atoms with Crippen LogP contribution in [0, 0.1) is 0 Å². The van der Waals surface area contributed by atoms with Gasteiger partial charge >= 0.3 is 0 Å². The third-order valence-corrected chi connectivity index (χ3v) is 0.305. The molecule has 0 heterocycles. The Hall–Kier alpha value is -0.0497. The molecule has 1 N–H and O–H groups in total. The molecule has 1 amide bonds. The van der Waals surface area contributed by atoms with Crippen LogP contribution in [0.2, 0.25) is 0 Å². The van der Waals surface area contributed by atoms with Gasteiger partial charge in [-0.3, -0.25) is 4.79 Å². The number of hydrogen-bond donors (Lipinski definition) is 1. The van der Waals surface area contributed by atoms with Gasteiger partial charge in [0.05, 0.1) is 0 Å². The van der Waals surface area contributed by atoms with Gasteiger partial charge in [-0.1, -0.05) is 6.58 Å². The van der Waals surface area contributed by atoms with Crippen molar-refractivity contribution in [1.29, 1.82) is 0 Å². The Bertz CT molecular complexity index is 72.1. The summed E-state index contributed by atoms with van der Waals surface area (Å²) in [7, 11) is 0. The summed E-state index contributed by atoms with van der Waals surface area (Å²) in [4.78, 5) is 9.86. The fourth-order valence-electron chi connectivity index (χ4n) is 0.144. The van der Waals surface area contributed by atoms with E-state index in [9.17, 15) is 4.79 Å². The second-order valence-corrected chi connectivity index (χ2v) is 0.905. The summed E-state index contributed by atoms with van der Waals surface area (Å²) in [5.41, 5.74) is 0. The standard InChI is InChI=1S/C4H7NO.Ag/c1-3-5-4(2)6;/h3H,1H2,2H3,(H,5,6);. The average molecular weight is 193 g/mol. The second-order valence-electron chi connectivity index (χ2n) is 0.905. The van der Waals surface area contributed by atoms with E-state index in [2.05, 4.69) is 11.9 Å². The number of amides is 1. The molecule has 0 saturated carbocycles. The van der Waals surface area contributed by atoms with Crippen LogP contribution in [0.3, 0.4) is 0 Å². The van der Waals surface area contributed by atoms with Crippen LogP contribution >= 0.6 is 0 Å². The van der Waals surface area contributed by atoms with E-state index in [1.54, 1.807) is 0 Å². The zero-order chi connectivity index (χ0) is 4.99. The van der Waals surface area contributed by atoms with Crippen molar-refractivity contribution in [2.24, 2.45) is 0 Å². The molecule has 0 aliphatic carbocycles. The normalized spacial score (nSPS) is 5.86. The predicted octanol–water partition coefficient (Wildman–Crippen LogP) is 0.264. The molecule has 0 atom stereocenters. The summed E-state index contributed by atoms with van der Waals surface area (Å²) in [6.45, 7) is 4.70. The molecule has 3 heteroatoms. The van der Waals surface area contributed by atoms with Gasteiger partial charge in [-0.05, 0) is 6.20 Å². The molecule has 0 aromatic carbocycles. The monoisotopic (exact) mass is 192 g/mol. The Labute approximate surface area is 58.5 Å². The van der Waals surface area contributed by atoms with Gasteiger partial charge in [0, 0.05) is 29.3 Å². The number of carbonyl (C=O) groups is 1. The van der Waals surface area contributed by atoms with Crippen LogP contribution in [0.15, 0.2) is 12.8 Å². The van der Waals surface area contributed by atoms with E-state index in [-0.39, 0.29) is 28.3 Å². The Morgan fingerprint density at radius 1 is 1.86 bits per heavy atom. The molecule has 0 saturated heterocycles. The minimum Gasteiger partial charge on any atom is -0.334 e. The maximum absolute atomic E-state index is 9.86. The van der Waals surface area contributed by atoms with Crippen molar-refractivity contribution in [2.45, 2.75) is 6.92 Å². The van der Waals surface area contributed by atoms with E-state index in [0.717, 1.165) is 0 Å². The third-order valence-electron chi connectivity index (χ3n) is 0.305. The van der Waals surface area contributed by atoms with Gasteiger partial charge in [0.15, 0.2) is 0 Å². The summed E-state index contributed by atoms with van der Waals surface area (Å²) in [6.07, 6.45) is 1.35. The Morgan fingerprint density at radius 2 is 2.29 bits per heavy atom. The quantitative estimate of drug-likeness (QED) is 0.594. The van der Waals surface area contributed by atoms with Crippen LogP contribution < -0.4 is 5.32 Å². The summed E-state index contributed by atoms with van der Waals surface area (Å²) >= 11 is 0. The van der Waals surface area contributed by atoms with Crippen molar-refractivity contribution in [3.8, 4) is 0 Å². The molecule has 0 aliphatic rings. The van der Waals surface area contributed by atoms with E-state index in [1.165, 1.54) is 13.1 Å². The smallest absolute Gasteiger partial charge is 0.220 e. The van der Waals surface area contributed by atoms with Gasteiger partial charge in [-0.25, -0.2) is 0 Å². The van der Waals surface area contributed by atoms with E-state index in [1.807, 2.05) is 0 Å². The molecular weight excluding hydrogens is 186 g/mol. The van der Waals surface area contributed by atoms with Crippen molar-refractivity contribution in [1.82, 2.24) is 5.32 Å². The molecule has 0 unspecified atom stereocenters. The van der Waals surface area contributed by atoms with E-state index in [4.69, 9.17) is 0 Å². The molecule has 0 spiro atoms. The summed E-state index contributed by atoms with van der Waals surface area (Å²) < 4.78 is 0. The molecule has 0 aliphatic heterocycles. The Morgan fingerprint density at radius 3 is 2.29 bits per heavy atom. The maximum Gasteiger partial charge on any atom is 0.220 e. The molecule has 0 aromatic heterocycles. The van der Waals surface area contributed by atoms with Gasteiger partial charge < -0.3 is 5.32 Å². The molecule has 0 rings (SSSR count). The largest absolute Gasteiger partial charge is 0.334 e. The Balaban J connectivity index is 0. The van der Waals surface area contributed by atoms with Gasteiger partial charge in [-0.2, -0.15) is 0 Å². The summed E-state index contributed by atoms with van der Waals surface area (Å²) in [5.74, 6) is -0.0787. The summed E-state index contributed by atoms with van der Waals surface area (Å²) in [5, 5.41) is 2.33. The number of rotatable bonds is 1. The van der Waals surface area contributed by atoms with Crippen LogP contribution in [0.4, 0.5) is 0 Å². The number of nitrogens with one attached hydrogen (secondary N) is 1. The fourth-order valence-corrected chi connectivity index (χ4v) is 0.144. The van der Waals surface area contributed by atoms with Gasteiger partial charge in [-0.15, -0.1) is 0 Å². The maximum atomic E-state index is 9.86. The molecule has 45 valence electrons. The SMILES string of the molecule is C=CNC(C)=O.[Ag]. The molecular formula is C4H7AgNO. The Kier molecular flexibility index (Phi) is 8.54. The minimum absolute atomic E-state index is 0. The molecule has 1 radical (unpaired) electrons. The van der Waals surface area contributed by atoms with E-state index < -0.39 is 0 Å². The average Bonchev–Trinajstić information content (AvgIpc) is 1.35. The van der Waals surface area contributed by atoms with Crippen molar-refractivity contribution in [3.05, 3.63) is 12.8 Å². The zero-order valence-corrected chi connectivity index (χ0v) is 5.48. The van der Waals surface area contributed by atoms with Gasteiger partial charge in [0.1, 0.15) is 0 Å². The third kappa shape index (κ3) is 10.7. The van der Waals surface area contributed by atoms with Crippen LogP contribution in [0.5, 0.6) is 0 Å². The predicted molar refractivity (Wildman–Crippen MR) is 24.0 cm³/mol. The minimum atomic E-state index is -0.0787. The zero-order valence-electron chi connectivity index (χ0n) is 3.99. The molecule has 2 nitrogen and oxygen atoms in total. The topological polar surface area (TPSA) is 29.1 Å². The molecule has 0 fully saturated rings. The van der Waals surface area contributed by atoms with E-state index >= 15 is 0 Å². The van der Waals surface area contributed by atoms with Crippen molar-refractivity contribution < 1.29 is 27.2 Å². The van der Waals surface area contributed by atoms with Gasteiger partial charge in [0.25, 0.3) is 0 Å². The van der Waals surface area contributed by atoms with Gasteiger partial charge in [0.2, 0.25) is 5.91 Å². The van der Waals surface area contributed by atoms with Crippen LogP contribution in [0.1, 0.15) is 6.92 Å².